The van der Waals surface area contributed by atoms with E-state index in [1.54, 1.807) is 19.5 Å². The lowest BCUT2D eigenvalue weighted by Gasteiger charge is -2.09. The van der Waals surface area contributed by atoms with Crippen molar-refractivity contribution in [3.63, 3.8) is 0 Å². The standard InChI is InChI=1S/C16H13F4N5O2/c1-26-8-10-5-21-15(22-6-10)27-9-11-7-25(24-23-11)12-2-3-14(17)13(4-12)16(18,19)20/h2-7H,8-9H2,1H3. The molecule has 0 aliphatic carbocycles. The number of rotatable bonds is 6. The Morgan fingerprint density at radius 1 is 1.11 bits per heavy atom. The van der Waals surface area contributed by atoms with Gasteiger partial charge in [0.1, 0.15) is 18.1 Å². The fourth-order valence-electron chi connectivity index (χ4n) is 2.16. The summed E-state index contributed by atoms with van der Waals surface area (Å²) in [6.07, 6.45) is -0.356. The van der Waals surface area contributed by atoms with Crippen LogP contribution in [0.4, 0.5) is 17.6 Å². The third-order valence-corrected chi connectivity index (χ3v) is 3.40. The minimum atomic E-state index is -4.81. The van der Waals surface area contributed by atoms with E-state index in [0.29, 0.717) is 18.4 Å². The molecule has 0 bridgehead atoms. The molecule has 0 atom stereocenters. The van der Waals surface area contributed by atoms with Crippen molar-refractivity contribution in [1.29, 1.82) is 0 Å². The Kier molecular flexibility index (Phi) is 5.31. The maximum Gasteiger partial charge on any atom is 0.419 e. The first-order valence-electron chi connectivity index (χ1n) is 7.58. The minimum absolute atomic E-state index is 0.0163. The summed E-state index contributed by atoms with van der Waals surface area (Å²) in [6.45, 7) is 0.323. The third kappa shape index (κ3) is 4.56. The summed E-state index contributed by atoms with van der Waals surface area (Å²) in [7, 11) is 1.55. The van der Waals surface area contributed by atoms with Gasteiger partial charge in [0.15, 0.2) is 0 Å². The Labute approximate surface area is 150 Å². The lowest BCUT2D eigenvalue weighted by atomic mass is 10.2. The second-order valence-electron chi connectivity index (χ2n) is 5.41. The molecule has 27 heavy (non-hydrogen) atoms. The van der Waals surface area contributed by atoms with Gasteiger partial charge in [0.25, 0.3) is 0 Å². The lowest BCUT2D eigenvalue weighted by Crippen LogP contribution is -2.09. The van der Waals surface area contributed by atoms with Gasteiger partial charge in [0.2, 0.25) is 0 Å². The number of benzene rings is 1. The van der Waals surface area contributed by atoms with Crippen LogP contribution in [-0.2, 0) is 24.1 Å². The maximum absolute atomic E-state index is 13.4. The molecule has 0 aliphatic heterocycles. The normalized spacial score (nSPS) is 11.6. The minimum Gasteiger partial charge on any atom is -0.457 e. The van der Waals surface area contributed by atoms with Crippen LogP contribution >= 0.6 is 0 Å². The largest absolute Gasteiger partial charge is 0.457 e. The monoisotopic (exact) mass is 383 g/mol. The van der Waals surface area contributed by atoms with Gasteiger partial charge in [-0.1, -0.05) is 5.21 Å². The molecule has 1 aromatic carbocycles. The molecule has 2 aromatic heterocycles. The van der Waals surface area contributed by atoms with Gasteiger partial charge in [0.05, 0.1) is 24.1 Å². The van der Waals surface area contributed by atoms with Crippen LogP contribution in [0, 0.1) is 5.82 Å². The molecule has 2 heterocycles. The number of hydrogen-bond acceptors (Lipinski definition) is 6. The number of alkyl halides is 3. The molecule has 0 aliphatic rings. The predicted molar refractivity (Wildman–Crippen MR) is 83.4 cm³/mol. The van der Waals surface area contributed by atoms with Crippen molar-refractivity contribution in [3.8, 4) is 11.7 Å². The Morgan fingerprint density at radius 2 is 1.85 bits per heavy atom. The van der Waals surface area contributed by atoms with Gasteiger partial charge in [-0.15, -0.1) is 5.10 Å². The van der Waals surface area contributed by atoms with Gasteiger partial charge in [0, 0.05) is 25.1 Å². The smallest absolute Gasteiger partial charge is 0.419 e. The van der Waals surface area contributed by atoms with E-state index in [9.17, 15) is 17.6 Å². The van der Waals surface area contributed by atoms with Crippen LogP contribution in [0.2, 0.25) is 0 Å². The summed E-state index contributed by atoms with van der Waals surface area (Å²) >= 11 is 0. The van der Waals surface area contributed by atoms with Crippen LogP contribution in [0.25, 0.3) is 5.69 Å². The maximum atomic E-state index is 13.4. The molecule has 0 amide bonds. The molecule has 0 saturated heterocycles. The lowest BCUT2D eigenvalue weighted by molar-refractivity contribution is -0.140. The summed E-state index contributed by atoms with van der Waals surface area (Å²) in [6, 6.07) is 2.66. The summed E-state index contributed by atoms with van der Waals surface area (Å²) in [5.74, 6) is -1.36. The second-order valence-corrected chi connectivity index (χ2v) is 5.41. The molecular weight excluding hydrogens is 370 g/mol. The van der Waals surface area contributed by atoms with Crippen molar-refractivity contribution in [2.75, 3.05) is 7.11 Å². The van der Waals surface area contributed by atoms with E-state index in [0.717, 1.165) is 16.3 Å². The average Bonchev–Trinajstić information content (AvgIpc) is 3.10. The topological polar surface area (TPSA) is 75.0 Å². The van der Waals surface area contributed by atoms with Crippen molar-refractivity contribution in [1.82, 2.24) is 25.0 Å². The van der Waals surface area contributed by atoms with E-state index in [-0.39, 0.29) is 18.3 Å². The predicted octanol–water partition coefficient (Wildman–Crippen LogP) is 2.94. The molecule has 0 unspecified atom stereocenters. The third-order valence-electron chi connectivity index (χ3n) is 3.40. The Hall–Kier alpha value is -3.08. The molecule has 0 radical (unpaired) electrons. The molecular formula is C16H13F4N5O2. The summed E-state index contributed by atoms with van der Waals surface area (Å²) in [5, 5.41) is 7.54. The van der Waals surface area contributed by atoms with Crippen molar-refractivity contribution < 1.29 is 27.0 Å². The Morgan fingerprint density at radius 3 is 2.52 bits per heavy atom. The molecule has 0 saturated carbocycles. The van der Waals surface area contributed by atoms with E-state index >= 15 is 0 Å². The highest BCUT2D eigenvalue weighted by molar-refractivity contribution is 5.37. The summed E-state index contributed by atoms with van der Waals surface area (Å²) in [5.41, 5.74) is -0.259. The first-order chi connectivity index (χ1) is 12.9. The quantitative estimate of drug-likeness (QED) is 0.610. The van der Waals surface area contributed by atoms with Crippen LogP contribution in [0.5, 0.6) is 6.01 Å². The number of hydrogen-bond donors (Lipinski definition) is 0. The number of nitrogens with zero attached hydrogens (tertiary/aromatic N) is 5. The number of halogens is 4. The van der Waals surface area contributed by atoms with Gasteiger partial charge >= 0.3 is 12.2 Å². The Balaban J connectivity index is 1.70. The highest BCUT2D eigenvalue weighted by Gasteiger charge is 2.34. The molecule has 142 valence electrons. The fourth-order valence-corrected chi connectivity index (χ4v) is 2.16. The molecule has 0 fully saturated rings. The van der Waals surface area contributed by atoms with E-state index < -0.39 is 17.6 Å². The van der Waals surface area contributed by atoms with Crippen molar-refractivity contribution in [3.05, 3.63) is 59.4 Å². The van der Waals surface area contributed by atoms with Gasteiger partial charge in [-0.25, -0.2) is 19.0 Å². The van der Waals surface area contributed by atoms with Crippen molar-refractivity contribution >= 4 is 0 Å². The molecule has 0 spiro atoms. The van der Waals surface area contributed by atoms with Crippen LogP contribution in [0.1, 0.15) is 16.8 Å². The van der Waals surface area contributed by atoms with E-state index in [1.807, 2.05) is 0 Å². The van der Waals surface area contributed by atoms with Crippen LogP contribution in [0.15, 0.2) is 36.8 Å². The molecule has 3 rings (SSSR count). The number of aromatic nitrogens is 5. The second kappa shape index (κ2) is 7.66. The zero-order valence-corrected chi connectivity index (χ0v) is 13.9. The van der Waals surface area contributed by atoms with Gasteiger partial charge in [-0.2, -0.15) is 13.2 Å². The highest BCUT2D eigenvalue weighted by Crippen LogP contribution is 2.32. The van der Waals surface area contributed by atoms with Gasteiger partial charge in [-0.3, -0.25) is 0 Å². The summed E-state index contributed by atoms with van der Waals surface area (Å²) in [4.78, 5) is 7.98. The fraction of sp³-hybridized carbons (Fsp3) is 0.250. The Bertz CT molecular complexity index is 912. The van der Waals surface area contributed by atoms with Crippen LogP contribution in [0.3, 0.4) is 0 Å². The summed E-state index contributed by atoms with van der Waals surface area (Å²) < 4.78 is 63.2. The van der Waals surface area contributed by atoms with Gasteiger partial charge < -0.3 is 9.47 Å². The molecule has 3 aromatic rings. The molecule has 11 heteroatoms. The zero-order valence-electron chi connectivity index (χ0n) is 13.9. The van der Waals surface area contributed by atoms with Crippen LogP contribution < -0.4 is 4.74 Å². The van der Waals surface area contributed by atoms with Gasteiger partial charge in [-0.05, 0) is 18.2 Å². The van der Waals surface area contributed by atoms with Crippen LogP contribution in [-0.4, -0.2) is 32.1 Å². The molecule has 7 nitrogen and oxygen atoms in total. The highest BCUT2D eigenvalue weighted by atomic mass is 19.4. The molecule has 0 N–H and O–H groups in total. The van der Waals surface area contributed by atoms with E-state index in [2.05, 4.69) is 20.3 Å². The first kappa shape index (κ1) is 18.7. The van der Waals surface area contributed by atoms with E-state index in [4.69, 9.17) is 9.47 Å². The zero-order chi connectivity index (χ0) is 19.4. The SMILES string of the molecule is COCc1cnc(OCc2cn(-c3ccc(F)c(C(F)(F)F)c3)nn2)nc1. The number of ether oxygens (including phenoxy) is 2. The number of methoxy groups -OCH3 is 1. The van der Waals surface area contributed by atoms with Crippen molar-refractivity contribution in [2.24, 2.45) is 0 Å². The van der Waals surface area contributed by atoms with E-state index in [1.165, 1.54) is 12.3 Å². The average molecular weight is 383 g/mol. The van der Waals surface area contributed by atoms with Crippen molar-refractivity contribution in [2.45, 2.75) is 19.4 Å². The first-order valence-corrected chi connectivity index (χ1v) is 7.58.